The molecule has 0 aromatic rings. The Morgan fingerprint density at radius 2 is 2.13 bits per heavy atom. The molecule has 1 aliphatic carbocycles. The summed E-state index contributed by atoms with van der Waals surface area (Å²) in [6.45, 7) is 9.98. The van der Waals surface area contributed by atoms with Gasteiger partial charge in [0.1, 0.15) is 0 Å². The maximum absolute atomic E-state index is 5.97. The zero-order valence-corrected chi connectivity index (χ0v) is 10.2. The van der Waals surface area contributed by atoms with Crippen molar-refractivity contribution in [2.24, 2.45) is 23.7 Å². The van der Waals surface area contributed by atoms with Gasteiger partial charge in [0, 0.05) is 5.92 Å². The topological polar surface area (TPSA) is 9.23 Å². The normalized spacial score (nSPS) is 45.6. The van der Waals surface area contributed by atoms with Gasteiger partial charge in [0.05, 0.1) is 12.7 Å². The summed E-state index contributed by atoms with van der Waals surface area (Å²) < 4.78 is 5.97. The van der Waals surface area contributed by atoms with Crippen LogP contribution in [-0.4, -0.2) is 12.7 Å². The van der Waals surface area contributed by atoms with Crippen LogP contribution in [0.15, 0.2) is 23.8 Å². The summed E-state index contributed by atoms with van der Waals surface area (Å²) in [5.41, 5.74) is 1.52. The van der Waals surface area contributed by atoms with Gasteiger partial charge in [0.25, 0.3) is 0 Å². The van der Waals surface area contributed by atoms with Gasteiger partial charge in [0.2, 0.25) is 0 Å². The highest BCUT2D eigenvalue weighted by Gasteiger charge is 2.42. The molecular weight excluding hydrogens is 184 g/mol. The molecule has 1 saturated heterocycles. The van der Waals surface area contributed by atoms with Crippen LogP contribution in [-0.2, 0) is 4.74 Å². The summed E-state index contributed by atoms with van der Waals surface area (Å²) in [5.74, 6) is 2.78. The van der Waals surface area contributed by atoms with E-state index in [4.69, 9.17) is 4.74 Å². The first-order valence-electron chi connectivity index (χ1n) is 6.08. The summed E-state index contributed by atoms with van der Waals surface area (Å²) in [4.78, 5) is 0. The van der Waals surface area contributed by atoms with Gasteiger partial charge in [-0.1, -0.05) is 37.6 Å². The van der Waals surface area contributed by atoms with E-state index in [0.717, 1.165) is 18.4 Å². The fourth-order valence-electron chi connectivity index (χ4n) is 3.36. The molecule has 2 bridgehead atoms. The quantitative estimate of drug-likeness (QED) is 0.597. The lowest BCUT2D eigenvalue weighted by Crippen LogP contribution is -2.45. The maximum atomic E-state index is 5.97. The van der Waals surface area contributed by atoms with Gasteiger partial charge >= 0.3 is 0 Å². The largest absolute Gasteiger partial charge is 0.373 e. The Balaban J connectivity index is 2.29. The van der Waals surface area contributed by atoms with Crippen molar-refractivity contribution in [3.8, 4) is 0 Å². The van der Waals surface area contributed by atoms with E-state index < -0.39 is 0 Å². The van der Waals surface area contributed by atoms with E-state index in [-0.39, 0.29) is 0 Å². The van der Waals surface area contributed by atoms with Gasteiger partial charge in [0.15, 0.2) is 0 Å². The molecule has 5 atom stereocenters. The highest BCUT2D eigenvalue weighted by Crippen LogP contribution is 2.44. The lowest BCUT2D eigenvalue weighted by atomic mass is 9.65. The summed E-state index contributed by atoms with van der Waals surface area (Å²) in [5, 5.41) is 0. The molecule has 0 amide bonds. The second-order valence-electron chi connectivity index (χ2n) is 5.14. The second-order valence-corrected chi connectivity index (χ2v) is 5.14. The molecule has 15 heavy (non-hydrogen) atoms. The first-order valence-corrected chi connectivity index (χ1v) is 6.08. The van der Waals surface area contributed by atoms with Gasteiger partial charge in [-0.3, -0.25) is 0 Å². The van der Waals surface area contributed by atoms with E-state index in [1.54, 1.807) is 0 Å². The maximum Gasteiger partial charge on any atom is 0.0823 e. The minimum Gasteiger partial charge on any atom is -0.373 e. The predicted octanol–water partition coefficient (Wildman–Crippen LogP) is 3.43. The Kier molecular flexibility index (Phi) is 3.01. The number of allylic oxidation sites excluding steroid dienone is 2. The standard InChI is InChI=1S/C14H22O/c1-5-6-13-14-10(3)7-9(2)12(8-15-13)11(14)4/h5-7,9,11-14H,8H2,1-4H3/b6-5+. The Morgan fingerprint density at radius 3 is 2.80 bits per heavy atom. The summed E-state index contributed by atoms with van der Waals surface area (Å²) in [6.07, 6.45) is 7.09. The number of fused-ring (bicyclic) bond motifs is 2. The minimum absolute atomic E-state index is 0.310. The van der Waals surface area contributed by atoms with Crippen LogP contribution in [0, 0.1) is 23.7 Å². The molecule has 0 aromatic carbocycles. The Labute approximate surface area is 93.2 Å². The predicted molar refractivity (Wildman–Crippen MR) is 63.6 cm³/mol. The number of hydrogen-bond acceptors (Lipinski definition) is 1. The summed E-state index contributed by atoms with van der Waals surface area (Å²) in [7, 11) is 0. The van der Waals surface area contributed by atoms with Crippen LogP contribution in [0.5, 0.6) is 0 Å². The van der Waals surface area contributed by atoms with Crippen molar-refractivity contribution in [1.29, 1.82) is 0 Å². The number of rotatable bonds is 1. The number of hydrogen-bond donors (Lipinski definition) is 0. The fraction of sp³-hybridized carbons (Fsp3) is 0.714. The van der Waals surface area contributed by atoms with Crippen molar-refractivity contribution in [3.63, 3.8) is 0 Å². The van der Waals surface area contributed by atoms with Crippen molar-refractivity contribution in [2.45, 2.75) is 33.8 Å². The van der Waals surface area contributed by atoms with Crippen LogP contribution in [0.4, 0.5) is 0 Å². The van der Waals surface area contributed by atoms with Crippen molar-refractivity contribution in [3.05, 3.63) is 23.8 Å². The van der Waals surface area contributed by atoms with Crippen molar-refractivity contribution >= 4 is 0 Å². The summed E-state index contributed by atoms with van der Waals surface area (Å²) in [6, 6.07) is 0. The van der Waals surface area contributed by atoms with Crippen LogP contribution in [0.1, 0.15) is 27.7 Å². The molecule has 0 spiro atoms. The lowest BCUT2D eigenvalue weighted by Gasteiger charge is -2.46. The number of ether oxygens (including phenoxy) is 1. The van der Waals surface area contributed by atoms with Gasteiger partial charge in [-0.15, -0.1) is 0 Å². The van der Waals surface area contributed by atoms with Crippen molar-refractivity contribution in [2.75, 3.05) is 6.61 Å². The third kappa shape index (κ3) is 1.78. The zero-order chi connectivity index (χ0) is 11.0. The SMILES string of the molecule is C/C=C/C1OCC2C(C)C=C(C)C1C2C. The van der Waals surface area contributed by atoms with E-state index in [1.165, 1.54) is 5.57 Å². The van der Waals surface area contributed by atoms with E-state index >= 15 is 0 Å². The Bertz CT molecular complexity index is 290. The molecule has 1 aliphatic heterocycles. The van der Waals surface area contributed by atoms with Crippen LogP contribution < -0.4 is 0 Å². The van der Waals surface area contributed by atoms with E-state index in [1.807, 2.05) is 0 Å². The van der Waals surface area contributed by atoms with Crippen LogP contribution in [0.25, 0.3) is 0 Å². The second kappa shape index (κ2) is 4.13. The van der Waals surface area contributed by atoms with Gasteiger partial charge in [-0.2, -0.15) is 0 Å². The average molecular weight is 206 g/mol. The smallest absolute Gasteiger partial charge is 0.0823 e. The Morgan fingerprint density at radius 1 is 1.40 bits per heavy atom. The van der Waals surface area contributed by atoms with E-state index in [0.29, 0.717) is 17.9 Å². The molecule has 5 unspecified atom stereocenters. The molecule has 1 heteroatoms. The summed E-state index contributed by atoms with van der Waals surface area (Å²) >= 11 is 0. The average Bonchev–Trinajstić information content (AvgIpc) is 2.15. The van der Waals surface area contributed by atoms with Crippen molar-refractivity contribution in [1.82, 2.24) is 0 Å². The lowest BCUT2D eigenvalue weighted by molar-refractivity contribution is -0.0687. The van der Waals surface area contributed by atoms with Crippen LogP contribution in [0.2, 0.25) is 0 Å². The first-order chi connectivity index (χ1) is 7.15. The molecule has 84 valence electrons. The molecule has 0 aromatic heterocycles. The molecule has 1 nitrogen and oxygen atoms in total. The molecular formula is C14H22O. The molecule has 1 fully saturated rings. The highest BCUT2D eigenvalue weighted by molar-refractivity contribution is 5.19. The van der Waals surface area contributed by atoms with Gasteiger partial charge < -0.3 is 4.74 Å². The molecule has 0 N–H and O–H groups in total. The molecule has 0 radical (unpaired) electrons. The minimum atomic E-state index is 0.310. The molecule has 0 saturated carbocycles. The van der Waals surface area contributed by atoms with Crippen molar-refractivity contribution < 1.29 is 4.74 Å². The van der Waals surface area contributed by atoms with E-state index in [9.17, 15) is 0 Å². The van der Waals surface area contributed by atoms with E-state index in [2.05, 4.69) is 45.9 Å². The molecule has 2 rings (SSSR count). The van der Waals surface area contributed by atoms with Crippen LogP contribution in [0.3, 0.4) is 0 Å². The molecule has 1 heterocycles. The fourth-order valence-corrected chi connectivity index (χ4v) is 3.36. The van der Waals surface area contributed by atoms with Crippen LogP contribution >= 0.6 is 0 Å². The van der Waals surface area contributed by atoms with Gasteiger partial charge in [-0.25, -0.2) is 0 Å². The Hall–Kier alpha value is -0.560. The highest BCUT2D eigenvalue weighted by atomic mass is 16.5. The first kappa shape index (κ1) is 10.9. The monoisotopic (exact) mass is 206 g/mol. The third-order valence-electron chi connectivity index (χ3n) is 4.19. The zero-order valence-electron chi connectivity index (χ0n) is 10.2. The van der Waals surface area contributed by atoms with Gasteiger partial charge in [-0.05, 0) is 31.6 Å². The third-order valence-corrected chi connectivity index (χ3v) is 4.19. The molecule has 2 aliphatic rings.